The lowest BCUT2D eigenvalue weighted by molar-refractivity contribution is -0.117. The van der Waals surface area contributed by atoms with Gasteiger partial charge in [0.1, 0.15) is 0 Å². The van der Waals surface area contributed by atoms with Crippen LogP contribution in [0.5, 0.6) is 0 Å². The number of benzene rings is 1. The average Bonchev–Trinajstić information content (AvgIpc) is 3.03. The van der Waals surface area contributed by atoms with Gasteiger partial charge in [-0.2, -0.15) is 0 Å². The lowest BCUT2D eigenvalue weighted by Crippen LogP contribution is -2.47. The minimum Gasteiger partial charge on any atom is -0.325 e. The molecule has 1 N–H and O–H groups in total. The molecule has 4 rings (SSSR count). The number of nitrogens with zero attached hydrogens (tertiary/aromatic N) is 2. The fourth-order valence-corrected chi connectivity index (χ4v) is 5.16. The van der Waals surface area contributed by atoms with Gasteiger partial charge in [-0.3, -0.25) is 4.79 Å². The number of carbonyl (C=O) groups excluding carboxylic acids is 1. The standard InChI is InChI=1S/C23H35N3O/c27-23-21(20-9-4-5-11-22(20)24-23)10-6-13-25-15-17-26(18-16-25)14-12-19-7-2-1-3-8-19/h4-5,9,11,19,21H,1-3,6-8,10,12-18H2,(H,24,27). The van der Waals surface area contributed by atoms with Crippen molar-refractivity contribution >= 4 is 11.6 Å². The maximum atomic E-state index is 12.2. The summed E-state index contributed by atoms with van der Waals surface area (Å²) >= 11 is 0. The molecule has 4 nitrogen and oxygen atoms in total. The maximum Gasteiger partial charge on any atom is 0.232 e. The number of hydrogen-bond acceptors (Lipinski definition) is 3. The number of nitrogens with one attached hydrogen (secondary N) is 1. The number of fused-ring (bicyclic) bond motifs is 1. The number of hydrogen-bond donors (Lipinski definition) is 1. The zero-order valence-corrected chi connectivity index (χ0v) is 16.7. The summed E-state index contributed by atoms with van der Waals surface area (Å²) in [5.74, 6) is 1.24. The normalized spacial score (nSPS) is 24.7. The first kappa shape index (κ1) is 18.9. The quantitative estimate of drug-likeness (QED) is 0.786. The lowest BCUT2D eigenvalue weighted by Gasteiger charge is -2.35. The van der Waals surface area contributed by atoms with Crippen LogP contribution in [0.1, 0.15) is 62.8 Å². The molecule has 1 aromatic carbocycles. The number of anilines is 1. The average molecular weight is 370 g/mol. The van der Waals surface area contributed by atoms with Gasteiger partial charge in [-0.15, -0.1) is 0 Å². The molecule has 4 heteroatoms. The van der Waals surface area contributed by atoms with E-state index < -0.39 is 0 Å². The molecular formula is C23H35N3O. The van der Waals surface area contributed by atoms with E-state index in [9.17, 15) is 4.79 Å². The van der Waals surface area contributed by atoms with Crippen molar-refractivity contribution < 1.29 is 4.79 Å². The van der Waals surface area contributed by atoms with Crippen molar-refractivity contribution in [3.63, 3.8) is 0 Å². The molecule has 1 atom stereocenters. The summed E-state index contributed by atoms with van der Waals surface area (Å²) in [5.41, 5.74) is 2.20. The summed E-state index contributed by atoms with van der Waals surface area (Å²) in [4.78, 5) is 17.5. The predicted octanol–water partition coefficient (Wildman–Crippen LogP) is 4.09. The third kappa shape index (κ3) is 4.91. The van der Waals surface area contributed by atoms with Crippen LogP contribution in [0.25, 0.3) is 0 Å². The van der Waals surface area contributed by atoms with E-state index in [-0.39, 0.29) is 11.8 Å². The number of carbonyl (C=O) groups is 1. The van der Waals surface area contributed by atoms with Gasteiger partial charge in [0.15, 0.2) is 0 Å². The molecule has 3 aliphatic rings. The molecule has 1 unspecified atom stereocenters. The van der Waals surface area contributed by atoms with Crippen molar-refractivity contribution in [2.75, 3.05) is 44.6 Å². The molecule has 1 aliphatic carbocycles. The Balaban J connectivity index is 1.13. The first-order chi connectivity index (χ1) is 13.3. The van der Waals surface area contributed by atoms with E-state index in [0.717, 1.165) is 31.0 Å². The smallest absolute Gasteiger partial charge is 0.232 e. The molecule has 27 heavy (non-hydrogen) atoms. The molecule has 2 aliphatic heterocycles. The highest BCUT2D eigenvalue weighted by molar-refractivity contribution is 6.02. The van der Waals surface area contributed by atoms with E-state index in [0.29, 0.717) is 0 Å². The Bertz CT molecular complexity index is 618. The zero-order chi connectivity index (χ0) is 18.5. The molecule has 2 fully saturated rings. The van der Waals surface area contributed by atoms with Gasteiger partial charge in [0.2, 0.25) is 5.91 Å². The summed E-state index contributed by atoms with van der Waals surface area (Å²) in [6.07, 6.45) is 10.8. The second kappa shape index (κ2) is 9.20. The van der Waals surface area contributed by atoms with Gasteiger partial charge in [0, 0.05) is 31.9 Å². The number of piperazine rings is 1. The summed E-state index contributed by atoms with van der Waals surface area (Å²) in [5, 5.41) is 3.02. The fourth-order valence-electron chi connectivity index (χ4n) is 5.16. The highest BCUT2D eigenvalue weighted by atomic mass is 16.2. The van der Waals surface area contributed by atoms with E-state index >= 15 is 0 Å². The topological polar surface area (TPSA) is 35.6 Å². The molecule has 1 saturated carbocycles. The monoisotopic (exact) mass is 369 g/mol. The predicted molar refractivity (Wildman–Crippen MR) is 111 cm³/mol. The van der Waals surface area contributed by atoms with Crippen LogP contribution >= 0.6 is 0 Å². The molecule has 0 bridgehead atoms. The van der Waals surface area contributed by atoms with Crippen molar-refractivity contribution in [1.82, 2.24) is 9.80 Å². The minimum absolute atomic E-state index is 0.0537. The maximum absolute atomic E-state index is 12.2. The number of amides is 1. The Morgan fingerprint density at radius 2 is 1.59 bits per heavy atom. The van der Waals surface area contributed by atoms with Crippen LogP contribution in [0, 0.1) is 5.92 Å². The van der Waals surface area contributed by atoms with E-state index in [4.69, 9.17) is 0 Å². The Kier molecular flexibility index (Phi) is 6.46. The second-order valence-corrected chi connectivity index (χ2v) is 8.75. The third-order valence-corrected chi connectivity index (χ3v) is 6.92. The molecular weight excluding hydrogens is 334 g/mol. The largest absolute Gasteiger partial charge is 0.325 e. The van der Waals surface area contributed by atoms with Crippen LogP contribution in [-0.2, 0) is 4.79 Å². The minimum atomic E-state index is 0.0537. The molecule has 1 aromatic rings. The molecule has 0 aromatic heterocycles. The zero-order valence-electron chi connectivity index (χ0n) is 16.7. The Labute approximate surface area is 164 Å². The van der Waals surface area contributed by atoms with E-state index in [1.165, 1.54) is 76.8 Å². The summed E-state index contributed by atoms with van der Waals surface area (Å²) in [7, 11) is 0. The summed E-state index contributed by atoms with van der Waals surface area (Å²) < 4.78 is 0. The van der Waals surface area contributed by atoms with Crippen molar-refractivity contribution in [3.8, 4) is 0 Å². The molecule has 2 heterocycles. The van der Waals surface area contributed by atoms with Crippen LogP contribution in [0.4, 0.5) is 5.69 Å². The highest BCUT2D eigenvalue weighted by Crippen LogP contribution is 2.35. The third-order valence-electron chi connectivity index (χ3n) is 6.92. The number of para-hydroxylation sites is 1. The van der Waals surface area contributed by atoms with Gasteiger partial charge in [-0.05, 0) is 49.9 Å². The van der Waals surface area contributed by atoms with Gasteiger partial charge >= 0.3 is 0 Å². The van der Waals surface area contributed by atoms with Crippen LogP contribution in [0.15, 0.2) is 24.3 Å². The van der Waals surface area contributed by atoms with Crippen LogP contribution in [0.2, 0.25) is 0 Å². The van der Waals surface area contributed by atoms with Crippen LogP contribution in [0.3, 0.4) is 0 Å². The first-order valence-electron chi connectivity index (χ1n) is 11.1. The van der Waals surface area contributed by atoms with Crippen LogP contribution in [-0.4, -0.2) is 55.0 Å². The van der Waals surface area contributed by atoms with Crippen molar-refractivity contribution in [3.05, 3.63) is 29.8 Å². The first-order valence-corrected chi connectivity index (χ1v) is 11.1. The van der Waals surface area contributed by atoms with E-state index in [2.05, 4.69) is 21.2 Å². The molecule has 0 radical (unpaired) electrons. The van der Waals surface area contributed by atoms with Gasteiger partial charge < -0.3 is 15.1 Å². The summed E-state index contributed by atoms with van der Waals surface area (Å²) in [6, 6.07) is 8.15. The molecule has 1 saturated heterocycles. The van der Waals surface area contributed by atoms with Gasteiger partial charge in [-0.1, -0.05) is 50.3 Å². The summed E-state index contributed by atoms with van der Waals surface area (Å²) in [6.45, 7) is 7.26. The SMILES string of the molecule is O=C1Nc2ccccc2C1CCCN1CCN(CCC2CCCCC2)CC1. The highest BCUT2D eigenvalue weighted by Gasteiger charge is 2.29. The van der Waals surface area contributed by atoms with E-state index in [1.54, 1.807) is 0 Å². The van der Waals surface area contributed by atoms with Crippen molar-refractivity contribution in [2.24, 2.45) is 5.92 Å². The van der Waals surface area contributed by atoms with Gasteiger partial charge in [0.25, 0.3) is 0 Å². The number of rotatable bonds is 7. The second-order valence-electron chi connectivity index (χ2n) is 8.75. The Morgan fingerprint density at radius 3 is 2.37 bits per heavy atom. The van der Waals surface area contributed by atoms with E-state index in [1.807, 2.05) is 18.2 Å². The molecule has 0 spiro atoms. The van der Waals surface area contributed by atoms with Gasteiger partial charge in [0.05, 0.1) is 5.92 Å². The van der Waals surface area contributed by atoms with Crippen molar-refractivity contribution in [2.45, 2.75) is 57.3 Å². The van der Waals surface area contributed by atoms with Crippen molar-refractivity contribution in [1.29, 1.82) is 0 Å². The van der Waals surface area contributed by atoms with Gasteiger partial charge in [-0.25, -0.2) is 0 Å². The molecule has 148 valence electrons. The molecule has 1 amide bonds. The Hall–Kier alpha value is -1.39. The fraction of sp³-hybridized carbons (Fsp3) is 0.696. The Morgan fingerprint density at radius 1 is 0.889 bits per heavy atom. The van der Waals surface area contributed by atoms with Crippen LogP contribution < -0.4 is 5.32 Å². The lowest BCUT2D eigenvalue weighted by atomic mass is 9.87.